The molecule has 1 fully saturated rings. The Bertz CT molecular complexity index is 540. The molecule has 0 saturated carbocycles. The van der Waals surface area contributed by atoms with Crippen molar-refractivity contribution >= 4 is 11.9 Å². The van der Waals surface area contributed by atoms with E-state index in [0.717, 1.165) is 6.54 Å². The Morgan fingerprint density at radius 3 is 2.21 bits per heavy atom. The number of carbonyl (C=O) groups excluding carboxylic acids is 2. The van der Waals surface area contributed by atoms with Crippen molar-refractivity contribution in [1.82, 2.24) is 4.90 Å². The Hall–Kier alpha value is -1.88. The highest BCUT2D eigenvalue weighted by Gasteiger charge is 2.52. The van der Waals surface area contributed by atoms with E-state index in [0.29, 0.717) is 19.4 Å². The van der Waals surface area contributed by atoms with Crippen LogP contribution in [0.25, 0.3) is 0 Å². The van der Waals surface area contributed by atoms with Crippen molar-refractivity contribution in [3.63, 3.8) is 0 Å². The molecule has 5 heteroatoms. The zero-order valence-electron chi connectivity index (χ0n) is 14.8. The van der Waals surface area contributed by atoms with Gasteiger partial charge in [-0.2, -0.15) is 0 Å². The fourth-order valence-electron chi connectivity index (χ4n) is 3.34. The van der Waals surface area contributed by atoms with Gasteiger partial charge in [-0.3, -0.25) is 14.5 Å². The molecule has 1 aromatic carbocycles. The molecule has 1 heterocycles. The molecule has 0 amide bonds. The van der Waals surface area contributed by atoms with Gasteiger partial charge in [0.1, 0.15) is 0 Å². The van der Waals surface area contributed by atoms with Crippen LogP contribution in [-0.2, 0) is 25.6 Å². The summed E-state index contributed by atoms with van der Waals surface area (Å²) in [5.41, 5.74) is 0.0580. The van der Waals surface area contributed by atoms with Crippen LogP contribution in [0.15, 0.2) is 30.3 Å². The van der Waals surface area contributed by atoms with Crippen LogP contribution in [0.3, 0.4) is 0 Å². The minimum Gasteiger partial charge on any atom is -0.465 e. The smallest absolute Gasteiger partial charge is 0.323 e. The van der Waals surface area contributed by atoms with Crippen LogP contribution in [0.4, 0.5) is 0 Å². The number of carbonyl (C=O) groups is 2. The summed E-state index contributed by atoms with van der Waals surface area (Å²) in [7, 11) is 0. The first kappa shape index (κ1) is 18.5. The van der Waals surface area contributed by atoms with E-state index in [-0.39, 0.29) is 19.3 Å². The normalized spacial score (nSPS) is 20.4. The highest BCUT2D eigenvalue weighted by Crippen LogP contribution is 2.38. The third-order valence-corrected chi connectivity index (χ3v) is 4.65. The van der Waals surface area contributed by atoms with E-state index in [4.69, 9.17) is 9.47 Å². The van der Waals surface area contributed by atoms with E-state index in [2.05, 4.69) is 24.0 Å². The van der Waals surface area contributed by atoms with Gasteiger partial charge in [0.15, 0.2) is 5.41 Å². The first-order valence-corrected chi connectivity index (χ1v) is 8.66. The fraction of sp³-hybridized carbons (Fsp3) is 0.579. The lowest BCUT2D eigenvalue weighted by molar-refractivity contribution is -0.177. The van der Waals surface area contributed by atoms with E-state index in [1.54, 1.807) is 13.8 Å². The van der Waals surface area contributed by atoms with Gasteiger partial charge >= 0.3 is 11.9 Å². The van der Waals surface area contributed by atoms with Crippen LogP contribution < -0.4 is 0 Å². The highest BCUT2D eigenvalue weighted by molar-refractivity contribution is 6.00. The average Bonchev–Trinajstić information content (AvgIpc) is 2.58. The number of esters is 2. The molecule has 0 spiro atoms. The standard InChI is InChI=1S/C19H27NO4/c1-4-23-17(21)19(18(22)24-5-2)11-12-20(15(3)13-19)14-16-9-7-6-8-10-16/h6-10,15H,4-5,11-14H2,1-3H3. The van der Waals surface area contributed by atoms with E-state index in [1.807, 2.05) is 18.2 Å². The number of benzene rings is 1. The van der Waals surface area contributed by atoms with Gasteiger partial charge in [-0.25, -0.2) is 0 Å². The monoisotopic (exact) mass is 333 g/mol. The summed E-state index contributed by atoms with van der Waals surface area (Å²) in [6.07, 6.45) is 0.860. The van der Waals surface area contributed by atoms with Crippen molar-refractivity contribution in [2.45, 2.75) is 46.2 Å². The lowest BCUT2D eigenvalue weighted by Crippen LogP contribution is -2.53. The van der Waals surface area contributed by atoms with Crippen LogP contribution in [0, 0.1) is 5.41 Å². The fourth-order valence-corrected chi connectivity index (χ4v) is 3.34. The number of ether oxygens (including phenoxy) is 2. The van der Waals surface area contributed by atoms with Gasteiger partial charge in [0.25, 0.3) is 0 Å². The maximum Gasteiger partial charge on any atom is 0.323 e. The topological polar surface area (TPSA) is 55.8 Å². The molecule has 0 aromatic heterocycles. The Balaban J connectivity index is 2.13. The molecule has 1 aliphatic heterocycles. The second-order valence-electron chi connectivity index (χ2n) is 6.28. The SMILES string of the molecule is CCOC(=O)C1(C(=O)OCC)CCN(Cc2ccccc2)C(C)C1. The zero-order chi connectivity index (χ0) is 17.6. The summed E-state index contributed by atoms with van der Waals surface area (Å²) in [5, 5.41) is 0. The molecule has 24 heavy (non-hydrogen) atoms. The summed E-state index contributed by atoms with van der Waals surface area (Å²) in [5.74, 6) is -0.899. The molecule has 0 aliphatic carbocycles. The molecule has 0 radical (unpaired) electrons. The zero-order valence-corrected chi connectivity index (χ0v) is 14.8. The van der Waals surface area contributed by atoms with Gasteiger partial charge in [0.05, 0.1) is 13.2 Å². The van der Waals surface area contributed by atoms with Gasteiger partial charge in [-0.15, -0.1) is 0 Å². The third kappa shape index (κ3) is 3.96. The van der Waals surface area contributed by atoms with Crippen molar-refractivity contribution in [3.05, 3.63) is 35.9 Å². The molecule has 2 rings (SSSR count). The Kier molecular flexibility index (Phi) is 6.37. The minimum absolute atomic E-state index is 0.0905. The number of piperidine rings is 1. The van der Waals surface area contributed by atoms with Crippen molar-refractivity contribution in [2.75, 3.05) is 19.8 Å². The average molecular weight is 333 g/mol. The summed E-state index contributed by atoms with van der Waals surface area (Å²) in [4.78, 5) is 27.3. The van der Waals surface area contributed by atoms with Crippen LogP contribution in [0.2, 0.25) is 0 Å². The van der Waals surface area contributed by atoms with Gasteiger partial charge in [-0.05, 0) is 39.2 Å². The predicted octanol–water partition coefficient (Wildman–Crippen LogP) is 2.78. The number of hydrogen-bond acceptors (Lipinski definition) is 5. The van der Waals surface area contributed by atoms with Crippen molar-refractivity contribution in [2.24, 2.45) is 5.41 Å². The Morgan fingerprint density at radius 1 is 1.12 bits per heavy atom. The molecule has 1 saturated heterocycles. The molecular formula is C19H27NO4. The number of rotatable bonds is 6. The predicted molar refractivity (Wildman–Crippen MR) is 91.2 cm³/mol. The van der Waals surface area contributed by atoms with Crippen molar-refractivity contribution in [3.8, 4) is 0 Å². The van der Waals surface area contributed by atoms with E-state index < -0.39 is 17.4 Å². The van der Waals surface area contributed by atoms with Gasteiger partial charge in [0.2, 0.25) is 0 Å². The maximum absolute atomic E-state index is 12.5. The number of nitrogens with zero attached hydrogens (tertiary/aromatic N) is 1. The first-order valence-electron chi connectivity index (χ1n) is 8.66. The quantitative estimate of drug-likeness (QED) is 0.592. The number of likely N-dealkylation sites (tertiary alicyclic amines) is 1. The minimum atomic E-state index is -1.17. The molecular weight excluding hydrogens is 306 g/mol. The molecule has 0 bridgehead atoms. The van der Waals surface area contributed by atoms with Crippen LogP contribution in [0.1, 0.15) is 39.2 Å². The van der Waals surface area contributed by atoms with E-state index in [9.17, 15) is 9.59 Å². The third-order valence-electron chi connectivity index (χ3n) is 4.65. The van der Waals surface area contributed by atoms with Crippen LogP contribution in [-0.4, -0.2) is 42.6 Å². The maximum atomic E-state index is 12.5. The Morgan fingerprint density at radius 2 is 1.71 bits per heavy atom. The lowest BCUT2D eigenvalue weighted by Gasteiger charge is -2.42. The first-order chi connectivity index (χ1) is 11.5. The van der Waals surface area contributed by atoms with E-state index in [1.165, 1.54) is 5.56 Å². The molecule has 1 aliphatic rings. The van der Waals surface area contributed by atoms with Gasteiger partial charge < -0.3 is 9.47 Å². The second-order valence-corrected chi connectivity index (χ2v) is 6.28. The second kappa shape index (κ2) is 8.29. The Labute approximate surface area is 143 Å². The van der Waals surface area contributed by atoms with Gasteiger partial charge in [0, 0.05) is 19.1 Å². The largest absolute Gasteiger partial charge is 0.465 e. The van der Waals surface area contributed by atoms with Gasteiger partial charge in [-0.1, -0.05) is 30.3 Å². The van der Waals surface area contributed by atoms with E-state index >= 15 is 0 Å². The van der Waals surface area contributed by atoms with Crippen molar-refractivity contribution < 1.29 is 19.1 Å². The number of hydrogen-bond donors (Lipinski definition) is 0. The summed E-state index contributed by atoms with van der Waals surface area (Å²) < 4.78 is 10.4. The summed E-state index contributed by atoms with van der Waals surface area (Å²) in [6, 6.07) is 10.3. The summed E-state index contributed by atoms with van der Waals surface area (Å²) in [6.45, 7) is 7.56. The highest BCUT2D eigenvalue weighted by atomic mass is 16.6. The van der Waals surface area contributed by atoms with Crippen LogP contribution >= 0.6 is 0 Å². The molecule has 0 N–H and O–H groups in total. The molecule has 132 valence electrons. The molecule has 1 unspecified atom stereocenters. The van der Waals surface area contributed by atoms with Crippen molar-refractivity contribution in [1.29, 1.82) is 0 Å². The molecule has 5 nitrogen and oxygen atoms in total. The lowest BCUT2D eigenvalue weighted by atomic mass is 9.75. The van der Waals surface area contributed by atoms with Crippen LogP contribution in [0.5, 0.6) is 0 Å². The molecule has 1 aromatic rings. The summed E-state index contributed by atoms with van der Waals surface area (Å²) >= 11 is 0. The molecule has 1 atom stereocenters.